The van der Waals surface area contributed by atoms with Gasteiger partial charge in [0.2, 0.25) is 0 Å². The van der Waals surface area contributed by atoms with Crippen LogP contribution in [0.25, 0.3) is 0 Å². The Morgan fingerprint density at radius 1 is 1.64 bits per heavy atom. The molecular weight excluding hydrogens is 251 g/mol. The molecule has 0 spiro atoms. The fourth-order valence-corrected chi connectivity index (χ4v) is 1.12. The Kier molecular flexibility index (Phi) is 6.51. The molecule has 11 heavy (non-hydrogen) atoms. The topological polar surface area (TPSA) is 17.1 Å². The van der Waals surface area contributed by atoms with Gasteiger partial charge in [-0.25, -0.2) is 0 Å². The molecule has 0 bridgehead atoms. The highest BCUT2D eigenvalue weighted by Crippen LogP contribution is 2.07. The second-order valence-electron chi connectivity index (χ2n) is 2.60. The molecule has 1 atom stereocenters. The second-order valence-corrected chi connectivity index (χ2v) is 3.32. The minimum absolute atomic E-state index is 0.464. The zero-order valence-electron chi connectivity index (χ0n) is 6.88. The summed E-state index contributed by atoms with van der Waals surface area (Å²) in [6, 6.07) is 0. The third kappa shape index (κ3) is 6.28. The van der Waals surface area contributed by atoms with Crippen molar-refractivity contribution in [2.24, 2.45) is 5.92 Å². The Labute approximate surface area is 81.7 Å². The van der Waals surface area contributed by atoms with Crippen LogP contribution in [0.4, 0.5) is 0 Å². The summed E-state index contributed by atoms with van der Waals surface area (Å²) in [6.45, 7) is 3.93. The largest absolute Gasteiger partial charge is 0.298 e. The molecule has 0 aromatic heterocycles. The van der Waals surface area contributed by atoms with Crippen LogP contribution in [0.1, 0.15) is 20.3 Å². The molecule has 0 N–H and O–H groups in total. The van der Waals surface area contributed by atoms with E-state index in [1.807, 2.05) is 17.1 Å². The third-order valence-electron chi connectivity index (χ3n) is 1.33. The number of rotatable bonds is 4. The summed E-state index contributed by atoms with van der Waals surface area (Å²) in [7, 11) is 0. The highest BCUT2D eigenvalue weighted by atomic mass is 127. The molecular formula is C9H13IO. The van der Waals surface area contributed by atoms with Crippen molar-refractivity contribution in [2.75, 3.05) is 0 Å². The molecule has 1 nitrogen and oxygen atoms in total. The first-order chi connectivity index (χ1) is 5.20. The Morgan fingerprint density at radius 3 is 2.73 bits per heavy atom. The van der Waals surface area contributed by atoms with Gasteiger partial charge in [0.25, 0.3) is 0 Å². The number of aldehydes is 1. The first kappa shape index (κ1) is 10.9. The highest BCUT2D eigenvalue weighted by Gasteiger charge is 1.94. The molecule has 0 aliphatic rings. The smallest absolute Gasteiger partial charge is 0.145 e. The molecule has 0 aliphatic carbocycles. The molecule has 0 saturated carbocycles. The minimum Gasteiger partial charge on any atom is -0.298 e. The monoisotopic (exact) mass is 264 g/mol. The molecule has 0 rings (SSSR count). The number of hydrogen-bond donors (Lipinski definition) is 0. The summed E-state index contributed by atoms with van der Waals surface area (Å²) in [6.07, 6.45) is 5.99. The van der Waals surface area contributed by atoms with Gasteiger partial charge in [0.05, 0.1) is 0 Å². The molecule has 0 aliphatic heterocycles. The maximum atomic E-state index is 10.2. The van der Waals surface area contributed by atoms with Crippen LogP contribution in [-0.4, -0.2) is 6.29 Å². The van der Waals surface area contributed by atoms with E-state index in [4.69, 9.17) is 0 Å². The van der Waals surface area contributed by atoms with Gasteiger partial charge >= 0.3 is 0 Å². The van der Waals surface area contributed by atoms with E-state index >= 15 is 0 Å². The zero-order valence-corrected chi connectivity index (χ0v) is 9.04. The maximum absolute atomic E-state index is 10.2. The van der Waals surface area contributed by atoms with E-state index < -0.39 is 0 Å². The van der Waals surface area contributed by atoms with Crippen LogP contribution in [0.5, 0.6) is 0 Å². The van der Waals surface area contributed by atoms with Gasteiger partial charge in [-0.15, -0.1) is 0 Å². The van der Waals surface area contributed by atoms with Crippen molar-refractivity contribution in [2.45, 2.75) is 20.3 Å². The van der Waals surface area contributed by atoms with Gasteiger partial charge in [-0.05, 0) is 28.9 Å². The number of carbonyl (C=O) groups is 1. The van der Waals surface area contributed by atoms with Crippen LogP contribution in [0.2, 0.25) is 0 Å². The van der Waals surface area contributed by atoms with Crippen molar-refractivity contribution in [3.05, 3.63) is 21.8 Å². The van der Waals surface area contributed by atoms with Gasteiger partial charge in [-0.1, -0.05) is 41.7 Å². The van der Waals surface area contributed by atoms with Gasteiger partial charge in [-0.2, -0.15) is 0 Å². The fraction of sp³-hybridized carbons (Fsp3) is 0.444. The predicted molar refractivity (Wildman–Crippen MR) is 56.8 cm³/mol. The Hall–Kier alpha value is -0.120. The lowest BCUT2D eigenvalue weighted by molar-refractivity contribution is -0.104. The molecule has 0 unspecified atom stereocenters. The molecule has 0 aromatic rings. The van der Waals surface area contributed by atoms with E-state index in [1.54, 1.807) is 0 Å². The summed E-state index contributed by atoms with van der Waals surface area (Å²) in [4.78, 5) is 10.2. The van der Waals surface area contributed by atoms with Crippen LogP contribution < -0.4 is 0 Å². The summed E-state index contributed by atoms with van der Waals surface area (Å²) in [5.74, 6) is 0.464. The van der Waals surface area contributed by atoms with Crippen molar-refractivity contribution >= 4 is 28.9 Å². The molecule has 2 heteroatoms. The fourth-order valence-electron chi connectivity index (χ4n) is 0.822. The number of hydrogen-bond acceptors (Lipinski definition) is 1. The average Bonchev–Trinajstić information content (AvgIpc) is 2.00. The van der Waals surface area contributed by atoms with Crippen LogP contribution >= 0.6 is 22.6 Å². The number of halogens is 1. The van der Waals surface area contributed by atoms with Gasteiger partial charge in [0.15, 0.2) is 0 Å². The van der Waals surface area contributed by atoms with Crippen molar-refractivity contribution in [3.63, 3.8) is 0 Å². The predicted octanol–water partition coefficient (Wildman–Crippen LogP) is 3.11. The van der Waals surface area contributed by atoms with E-state index in [2.05, 4.69) is 35.6 Å². The zero-order chi connectivity index (χ0) is 8.69. The molecule has 0 aromatic carbocycles. The van der Waals surface area contributed by atoms with E-state index in [9.17, 15) is 4.79 Å². The Bertz CT molecular complexity index is 170. The standard InChI is InChI=1S/C9H13IO/c1-8(4-3-5-10)6-9(2)7-11/h3,5-8H,4H2,1-2H3/b5-3+,9-6+/t8-/m0/s1. The van der Waals surface area contributed by atoms with Crippen LogP contribution in [0.15, 0.2) is 21.8 Å². The highest BCUT2D eigenvalue weighted by molar-refractivity contribution is 14.1. The SMILES string of the molecule is C/C(C=O)=C\[C@@H](C)C/C=C/I. The molecule has 62 valence electrons. The average molecular weight is 264 g/mol. The first-order valence-electron chi connectivity index (χ1n) is 3.59. The van der Waals surface area contributed by atoms with Crippen LogP contribution in [0, 0.1) is 5.92 Å². The normalized spacial score (nSPS) is 15.4. The lowest BCUT2D eigenvalue weighted by atomic mass is 10.1. The number of carbonyl (C=O) groups excluding carboxylic acids is 1. The molecule has 0 heterocycles. The first-order valence-corrected chi connectivity index (χ1v) is 4.84. The van der Waals surface area contributed by atoms with Gasteiger partial charge in [0, 0.05) is 0 Å². The van der Waals surface area contributed by atoms with E-state index in [0.717, 1.165) is 18.3 Å². The van der Waals surface area contributed by atoms with Crippen molar-refractivity contribution in [1.82, 2.24) is 0 Å². The summed E-state index contributed by atoms with van der Waals surface area (Å²) in [5.41, 5.74) is 0.819. The van der Waals surface area contributed by atoms with Gasteiger partial charge < -0.3 is 0 Å². The van der Waals surface area contributed by atoms with Crippen molar-refractivity contribution in [1.29, 1.82) is 0 Å². The van der Waals surface area contributed by atoms with Crippen molar-refractivity contribution < 1.29 is 4.79 Å². The lowest BCUT2D eigenvalue weighted by Crippen LogP contribution is -1.89. The second kappa shape index (κ2) is 6.58. The Morgan fingerprint density at radius 2 is 2.27 bits per heavy atom. The van der Waals surface area contributed by atoms with E-state index in [-0.39, 0.29) is 0 Å². The van der Waals surface area contributed by atoms with Gasteiger partial charge in [-0.3, -0.25) is 4.79 Å². The summed E-state index contributed by atoms with van der Waals surface area (Å²) >= 11 is 2.19. The molecule has 0 saturated heterocycles. The summed E-state index contributed by atoms with van der Waals surface area (Å²) in [5, 5.41) is 0. The van der Waals surface area contributed by atoms with Crippen LogP contribution in [0.3, 0.4) is 0 Å². The summed E-state index contributed by atoms with van der Waals surface area (Å²) < 4.78 is 2.00. The third-order valence-corrected chi connectivity index (χ3v) is 1.84. The van der Waals surface area contributed by atoms with Crippen LogP contribution in [-0.2, 0) is 4.79 Å². The molecule has 0 radical (unpaired) electrons. The van der Waals surface area contributed by atoms with Gasteiger partial charge in [0.1, 0.15) is 6.29 Å². The molecule has 0 fully saturated rings. The van der Waals surface area contributed by atoms with E-state index in [1.165, 1.54) is 0 Å². The lowest BCUT2D eigenvalue weighted by Gasteiger charge is -2.00. The Balaban J connectivity index is 3.84. The minimum atomic E-state index is 0.464. The van der Waals surface area contributed by atoms with E-state index in [0.29, 0.717) is 5.92 Å². The van der Waals surface area contributed by atoms with Crippen molar-refractivity contribution in [3.8, 4) is 0 Å². The maximum Gasteiger partial charge on any atom is 0.145 e. The molecule has 0 amide bonds. The quantitative estimate of drug-likeness (QED) is 0.433. The number of allylic oxidation sites excluding steroid dienone is 3.